The quantitative estimate of drug-likeness (QED) is 0.341. The van der Waals surface area contributed by atoms with Gasteiger partial charge in [0, 0.05) is 18.7 Å². The maximum atomic E-state index is 13.4. The van der Waals surface area contributed by atoms with Gasteiger partial charge >= 0.3 is 0 Å². The lowest BCUT2D eigenvalue weighted by Gasteiger charge is -2.32. The summed E-state index contributed by atoms with van der Waals surface area (Å²) >= 11 is 0. The number of likely N-dealkylation sites (tertiary alicyclic amines) is 1. The van der Waals surface area contributed by atoms with E-state index < -0.39 is 17.7 Å². The Balaban J connectivity index is 1.77. The first-order chi connectivity index (χ1) is 17.2. The lowest BCUT2D eigenvalue weighted by Crippen LogP contribution is -2.41. The van der Waals surface area contributed by atoms with Crippen LogP contribution in [0.1, 0.15) is 53.0 Å². The second-order valence-electron chi connectivity index (χ2n) is 10.6. The van der Waals surface area contributed by atoms with Crippen LogP contribution < -0.4 is 9.47 Å². The zero-order valence-electron chi connectivity index (χ0n) is 22.1. The molecule has 1 atom stereocenters. The Labute approximate surface area is 214 Å². The number of aliphatic hydroxyl groups is 1. The van der Waals surface area contributed by atoms with E-state index in [-0.39, 0.29) is 16.7 Å². The average molecular weight is 495 g/mol. The third-order valence-electron chi connectivity index (χ3n) is 7.40. The molecule has 1 amide bonds. The van der Waals surface area contributed by atoms with Crippen LogP contribution in [0.3, 0.4) is 0 Å². The van der Waals surface area contributed by atoms with Crippen molar-refractivity contribution in [2.45, 2.75) is 53.5 Å². The zero-order chi connectivity index (χ0) is 26.0. The van der Waals surface area contributed by atoms with Gasteiger partial charge in [0.25, 0.3) is 11.7 Å². The van der Waals surface area contributed by atoms with Crippen molar-refractivity contribution in [3.63, 3.8) is 0 Å². The van der Waals surface area contributed by atoms with E-state index in [1.807, 2.05) is 6.08 Å². The largest absolute Gasteiger partial charge is 0.507 e. The fourth-order valence-electron chi connectivity index (χ4n) is 5.14. The number of benzene rings is 1. The van der Waals surface area contributed by atoms with Crippen molar-refractivity contribution in [3.8, 4) is 11.5 Å². The maximum absolute atomic E-state index is 13.4. The molecule has 7 heteroatoms. The fourth-order valence-corrected chi connectivity index (χ4v) is 5.14. The SMILES string of the molecule is CCN(CC)CCN1C(=O)C(=O)C(=C(O)c2ccc3c(c2)OCCO3)[C@@H]1C1=CC=C(C(C)(C)C)CC1. The Morgan fingerprint density at radius 1 is 1.06 bits per heavy atom. The normalized spacial score (nSPS) is 21.6. The summed E-state index contributed by atoms with van der Waals surface area (Å²) in [6, 6.07) is 4.52. The molecule has 0 aromatic heterocycles. The highest BCUT2D eigenvalue weighted by atomic mass is 16.6. The number of allylic oxidation sites excluding steroid dienone is 3. The van der Waals surface area contributed by atoms with Gasteiger partial charge in [-0.1, -0.05) is 52.3 Å². The number of carbonyl (C=O) groups excluding carboxylic acids is 2. The van der Waals surface area contributed by atoms with Gasteiger partial charge in [0.2, 0.25) is 0 Å². The maximum Gasteiger partial charge on any atom is 0.295 e. The molecule has 7 nitrogen and oxygen atoms in total. The number of likely N-dealkylation sites (N-methyl/N-ethyl adjacent to an activating group) is 1. The number of Topliss-reactive ketones (excluding diaryl/α,β-unsaturated/α-hetero) is 1. The number of aliphatic hydroxyl groups excluding tert-OH is 1. The van der Waals surface area contributed by atoms with Gasteiger partial charge in [-0.2, -0.15) is 0 Å². The van der Waals surface area contributed by atoms with Crippen LogP contribution in [0.5, 0.6) is 11.5 Å². The van der Waals surface area contributed by atoms with Crippen LogP contribution in [0, 0.1) is 5.41 Å². The number of ketones is 1. The van der Waals surface area contributed by atoms with Crippen LogP contribution in [0.15, 0.2) is 47.1 Å². The minimum atomic E-state index is -0.640. The van der Waals surface area contributed by atoms with Gasteiger partial charge in [0.05, 0.1) is 11.6 Å². The number of hydrogen-bond donors (Lipinski definition) is 1. The fraction of sp³-hybridized carbons (Fsp3) is 0.517. The summed E-state index contributed by atoms with van der Waals surface area (Å²) in [5.41, 5.74) is 2.94. The van der Waals surface area contributed by atoms with Crippen molar-refractivity contribution < 1.29 is 24.2 Å². The molecular weight excluding hydrogens is 456 g/mol. The molecule has 3 aliphatic rings. The van der Waals surface area contributed by atoms with E-state index in [4.69, 9.17) is 9.47 Å². The predicted molar refractivity (Wildman–Crippen MR) is 140 cm³/mol. The van der Waals surface area contributed by atoms with Gasteiger partial charge in [-0.3, -0.25) is 9.59 Å². The molecule has 2 heterocycles. The third-order valence-corrected chi connectivity index (χ3v) is 7.40. The van der Waals surface area contributed by atoms with Gasteiger partial charge < -0.3 is 24.4 Å². The molecule has 1 fully saturated rings. The first-order valence-corrected chi connectivity index (χ1v) is 13.0. The summed E-state index contributed by atoms with van der Waals surface area (Å²) in [5, 5.41) is 11.4. The molecule has 2 aliphatic heterocycles. The number of ether oxygens (including phenoxy) is 2. The second kappa shape index (κ2) is 10.5. The molecule has 1 saturated heterocycles. The lowest BCUT2D eigenvalue weighted by atomic mass is 9.78. The van der Waals surface area contributed by atoms with Crippen molar-refractivity contribution in [2.75, 3.05) is 39.4 Å². The summed E-state index contributed by atoms with van der Waals surface area (Å²) in [6.45, 7) is 14.4. The topological polar surface area (TPSA) is 79.3 Å². The number of hydrogen-bond acceptors (Lipinski definition) is 6. The molecular formula is C29H38N2O5. The van der Waals surface area contributed by atoms with Crippen LogP contribution in [0.4, 0.5) is 0 Å². The molecule has 194 valence electrons. The van der Waals surface area contributed by atoms with E-state index in [2.05, 4.69) is 45.6 Å². The molecule has 0 spiro atoms. The third kappa shape index (κ3) is 5.07. The van der Waals surface area contributed by atoms with Gasteiger partial charge in [-0.15, -0.1) is 0 Å². The van der Waals surface area contributed by atoms with E-state index >= 15 is 0 Å². The predicted octanol–water partition coefficient (Wildman–Crippen LogP) is 4.54. The van der Waals surface area contributed by atoms with Crippen molar-refractivity contribution >= 4 is 17.4 Å². The molecule has 1 aromatic carbocycles. The van der Waals surface area contributed by atoms with Crippen molar-refractivity contribution in [1.29, 1.82) is 0 Å². The number of amides is 1. The van der Waals surface area contributed by atoms with Crippen molar-refractivity contribution in [3.05, 3.63) is 52.6 Å². The van der Waals surface area contributed by atoms with Crippen molar-refractivity contribution in [2.24, 2.45) is 5.41 Å². The minimum Gasteiger partial charge on any atom is -0.507 e. The van der Waals surface area contributed by atoms with Crippen LogP contribution in [0.25, 0.3) is 5.76 Å². The highest BCUT2D eigenvalue weighted by Crippen LogP contribution is 2.40. The van der Waals surface area contributed by atoms with Crippen LogP contribution >= 0.6 is 0 Å². The summed E-state index contributed by atoms with van der Waals surface area (Å²) in [4.78, 5) is 30.5. The van der Waals surface area contributed by atoms with Crippen molar-refractivity contribution in [1.82, 2.24) is 9.80 Å². The molecule has 0 radical (unpaired) electrons. The Kier molecular flexibility index (Phi) is 7.59. The average Bonchev–Trinajstić information content (AvgIpc) is 3.13. The molecule has 1 aromatic rings. The Bertz CT molecular complexity index is 1120. The number of fused-ring (bicyclic) bond motifs is 1. The van der Waals surface area contributed by atoms with E-state index in [0.717, 1.165) is 31.5 Å². The van der Waals surface area contributed by atoms with Crippen LogP contribution in [-0.2, 0) is 9.59 Å². The first kappa shape index (κ1) is 26.0. The summed E-state index contributed by atoms with van der Waals surface area (Å²) in [7, 11) is 0. The smallest absolute Gasteiger partial charge is 0.295 e. The lowest BCUT2D eigenvalue weighted by molar-refractivity contribution is -0.139. The van der Waals surface area contributed by atoms with Gasteiger partial charge in [-0.05, 0) is 55.1 Å². The Morgan fingerprint density at radius 2 is 1.75 bits per heavy atom. The van der Waals surface area contributed by atoms with Gasteiger partial charge in [-0.25, -0.2) is 0 Å². The monoisotopic (exact) mass is 494 g/mol. The highest BCUT2D eigenvalue weighted by Gasteiger charge is 2.47. The summed E-state index contributed by atoms with van der Waals surface area (Å²) < 4.78 is 11.3. The minimum absolute atomic E-state index is 0.0534. The molecule has 4 rings (SSSR count). The van der Waals surface area contributed by atoms with E-state index in [1.54, 1.807) is 23.1 Å². The standard InChI is InChI=1S/C29H38N2O5/c1-6-30(7-2)14-15-31-25(19-8-11-21(12-9-19)29(3,4)5)24(27(33)28(31)34)26(32)20-10-13-22-23(18-20)36-17-16-35-22/h8,10-11,13,18,25,32H,6-7,9,12,14-17H2,1-5H3/t25-/m0/s1. The molecule has 1 aliphatic carbocycles. The number of nitrogens with zero attached hydrogens (tertiary/aromatic N) is 2. The second-order valence-corrected chi connectivity index (χ2v) is 10.6. The van der Waals surface area contributed by atoms with Gasteiger partial charge in [0.1, 0.15) is 19.0 Å². The summed E-state index contributed by atoms with van der Waals surface area (Å²) in [6.07, 6.45) is 5.75. The van der Waals surface area contributed by atoms with Crippen LogP contribution in [0.2, 0.25) is 0 Å². The Morgan fingerprint density at radius 3 is 2.36 bits per heavy atom. The summed E-state index contributed by atoms with van der Waals surface area (Å²) in [5.74, 6) is -0.251. The first-order valence-electron chi connectivity index (χ1n) is 13.0. The zero-order valence-corrected chi connectivity index (χ0v) is 22.1. The molecule has 36 heavy (non-hydrogen) atoms. The molecule has 1 N–H and O–H groups in total. The van der Waals surface area contributed by atoms with Gasteiger partial charge in [0.15, 0.2) is 11.5 Å². The molecule has 0 saturated carbocycles. The number of rotatable bonds is 7. The molecule has 0 unspecified atom stereocenters. The molecule has 0 bridgehead atoms. The van der Waals surface area contributed by atoms with E-state index in [0.29, 0.717) is 43.4 Å². The Hall–Kier alpha value is -3.06. The number of carbonyl (C=O) groups is 2. The van der Waals surface area contributed by atoms with E-state index in [1.165, 1.54) is 5.57 Å². The van der Waals surface area contributed by atoms with E-state index in [9.17, 15) is 14.7 Å². The van der Waals surface area contributed by atoms with Crippen LogP contribution in [-0.4, -0.2) is 72.0 Å². The highest BCUT2D eigenvalue weighted by molar-refractivity contribution is 6.47.